The van der Waals surface area contributed by atoms with Crippen LogP contribution in [-0.4, -0.2) is 40.8 Å². The Bertz CT molecular complexity index is 295. The summed E-state index contributed by atoms with van der Waals surface area (Å²) in [5.74, 6) is 0.851. The fourth-order valence-electron chi connectivity index (χ4n) is 1.02. The highest BCUT2D eigenvalue weighted by molar-refractivity contribution is 14.1. The van der Waals surface area contributed by atoms with Crippen molar-refractivity contribution in [3.63, 3.8) is 0 Å². The van der Waals surface area contributed by atoms with Crippen LogP contribution in [0.3, 0.4) is 0 Å². The van der Waals surface area contributed by atoms with Crippen molar-refractivity contribution < 1.29 is 5.11 Å². The van der Waals surface area contributed by atoms with E-state index in [1.807, 2.05) is 0 Å². The molecule has 0 aliphatic carbocycles. The highest BCUT2D eigenvalue weighted by Crippen LogP contribution is 2.11. The molecule has 0 radical (unpaired) electrons. The van der Waals surface area contributed by atoms with Crippen LogP contribution < -0.4 is 10.6 Å². The van der Waals surface area contributed by atoms with E-state index < -0.39 is 0 Å². The van der Waals surface area contributed by atoms with Gasteiger partial charge in [-0.25, -0.2) is 9.97 Å². The predicted molar refractivity (Wildman–Crippen MR) is 67.8 cm³/mol. The quantitative estimate of drug-likeness (QED) is 0.524. The molecule has 0 fully saturated rings. The molecule has 0 spiro atoms. The van der Waals surface area contributed by atoms with E-state index in [0.717, 1.165) is 22.5 Å². The van der Waals surface area contributed by atoms with Crippen LogP contribution in [0.1, 0.15) is 6.92 Å². The maximum atomic E-state index is 9.01. The maximum absolute atomic E-state index is 9.01. The normalized spacial score (nSPS) is 12.5. The molecule has 1 atom stereocenters. The van der Waals surface area contributed by atoms with Gasteiger partial charge in [-0.15, -0.1) is 0 Å². The Kier molecular flexibility index (Phi) is 5.81. The average Bonchev–Trinajstić information content (AvgIpc) is 2.20. The molecule has 15 heavy (non-hydrogen) atoms. The first-order chi connectivity index (χ1) is 7.20. The van der Waals surface area contributed by atoms with E-state index in [2.05, 4.69) is 43.2 Å². The summed E-state index contributed by atoms with van der Waals surface area (Å²) < 4.78 is 1.01. The Morgan fingerprint density at radius 3 is 3.00 bits per heavy atom. The summed E-state index contributed by atoms with van der Waals surface area (Å²) in [6.45, 7) is 3.95. The van der Waals surface area contributed by atoms with E-state index in [-0.39, 0.29) is 6.10 Å². The lowest BCUT2D eigenvalue weighted by Gasteiger charge is -2.08. The number of rotatable bonds is 6. The van der Waals surface area contributed by atoms with Crippen molar-refractivity contribution >= 4 is 28.4 Å². The molecule has 0 aliphatic heterocycles. The molecule has 0 aromatic carbocycles. The van der Waals surface area contributed by atoms with Crippen LogP contribution in [0.25, 0.3) is 0 Å². The zero-order chi connectivity index (χ0) is 11.1. The third-order valence-electron chi connectivity index (χ3n) is 1.70. The van der Waals surface area contributed by atoms with Gasteiger partial charge in [-0.05, 0) is 29.5 Å². The van der Waals surface area contributed by atoms with Gasteiger partial charge in [-0.2, -0.15) is 0 Å². The minimum atomic E-state index is -0.302. The second kappa shape index (κ2) is 6.91. The van der Waals surface area contributed by atoms with Crippen molar-refractivity contribution in [2.45, 2.75) is 13.0 Å². The highest BCUT2D eigenvalue weighted by atomic mass is 127. The van der Waals surface area contributed by atoms with Gasteiger partial charge in [-0.3, -0.25) is 0 Å². The highest BCUT2D eigenvalue weighted by Gasteiger charge is 1.99. The fourth-order valence-corrected chi connectivity index (χ4v) is 1.51. The number of aliphatic hydroxyl groups excluding tert-OH is 1. The standard InChI is InChI=1S/C9H15IN4O/c1-7(15)4-11-2-3-13-9-8(10)5-12-6-14-9/h5-7,11,15H,2-4H2,1H3,(H,12,13,14). The van der Waals surface area contributed by atoms with Gasteiger partial charge >= 0.3 is 0 Å². The molecule has 1 aromatic heterocycles. The van der Waals surface area contributed by atoms with Crippen molar-refractivity contribution in [3.05, 3.63) is 16.1 Å². The minimum Gasteiger partial charge on any atom is -0.392 e. The molecule has 1 unspecified atom stereocenters. The number of nitrogens with zero attached hydrogens (tertiary/aromatic N) is 2. The maximum Gasteiger partial charge on any atom is 0.142 e. The number of anilines is 1. The van der Waals surface area contributed by atoms with Gasteiger partial charge in [0.25, 0.3) is 0 Å². The zero-order valence-electron chi connectivity index (χ0n) is 8.57. The van der Waals surface area contributed by atoms with Gasteiger partial charge < -0.3 is 15.7 Å². The van der Waals surface area contributed by atoms with Gasteiger partial charge in [0.05, 0.1) is 9.67 Å². The lowest BCUT2D eigenvalue weighted by atomic mass is 10.4. The second-order valence-electron chi connectivity index (χ2n) is 3.20. The Balaban J connectivity index is 2.18. The van der Waals surface area contributed by atoms with E-state index in [1.54, 1.807) is 13.1 Å². The number of aliphatic hydroxyl groups is 1. The van der Waals surface area contributed by atoms with Gasteiger partial charge in [0.2, 0.25) is 0 Å². The molecule has 0 saturated heterocycles. The van der Waals surface area contributed by atoms with E-state index >= 15 is 0 Å². The third kappa shape index (κ3) is 5.24. The van der Waals surface area contributed by atoms with Crippen LogP contribution in [0.15, 0.2) is 12.5 Å². The van der Waals surface area contributed by atoms with Crippen LogP contribution in [0.5, 0.6) is 0 Å². The van der Waals surface area contributed by atoms with Gasteiger partial charge in [0.1, 0.15) is 12.1 Å². The van der Waals surface area contributed by atoms with Crippen molar-refractivity contribution in [2.24, 2.45) is 0 Å². The molecule has 3 N–H and O–H groups in total. The summed E-state index contributed by atoms with van der Waals surface area (Å²) in [6, 6.07) is 0. The first-order valence-corrected chi connectivity index (χ1v) is 5.86. The van der Waals surface area contributed by atoms with E-state index in [1.165, 1.54) is 6.33 Å². The molecule has 6 heteroatoms. The monoisotopic (exact) mass is 322 g/mol. The molecule has 0 bridgehead atoms. The average molecular weight is 322 g/mol. The van der Waals surface area contributed by atoms with Crippen LogP contribution in [0.2, 0.25) is 0 Å². The summed E-state index contributed by atoms with van der Waals surface area (Å²) in [5.41, 5.74) is 0. The number of aromatic nitrogens is 2. The summed E-state index contributed by atoms with van der Waals surface area (Å²) in [7, 11) is 0. The lowest BCUT2D eigenvalue weighted by Crippen LogP contribution is -2.29. The zero-order valence-corrected chi connectivity index (χ0v) is 10.7. The van der Waals surface area contributed by atoms with Crippen molar-refractivity contribution in [2.75, 3.05) is 25.0 Å². The third-order valence-corrected chi connectivity index (χ3v) is 2.49. The topological polar surface area (TPSA) is 70.1 Å². The number of hydrogen-bond acceptors (Lipinski definition) is 5. The molecule has 0 saturated carbocycles. The van der Waals surface area contributed by atoms with E-state index in [9.17, 15) is 0 Å². The Morgan fingerprint density at radius 2 is 2.33 bits per heavy atom. The van der Waals surface area contributed by atoms with Crippen molar-refractivity contribution in [1.29, 1.82) is 0 Å². The van der Waals surface area contributed by atoms with Crippen LogP contribution in [0.4, 0.5) is 5.82 Å². The van der Waals surface area contributed by atoms with E-state index in [4.69, 9.17) is 5.11 Å². The molecule has 1 aromatic rings. The second-order valence-corrected chi connectivity index (χ2v) is 4.36. The SMILES string of the molecule is CC(O)CNCCNc1ncncc1I. The Labute approximate surface area is 103 Å². The first kappa shape index (κ1) is 12.6. The molecular weight excluding hydrogens is 307 g/mol. The molecule has 84 valence electrons. The largest absolute Gasteiger partial charge is 0.392 e. The first-order valence-electron chi connectivity index (χ1n) is 4.78. The summed E-state index contributed by atoms with van der Waals surface area (Å²) in [6.07, 6.45) is 2.98. The fraction of sp³-hybridized carbons (Fsp3) is 0.556. The summed E-state index contributed by atoms with van der Waals surface area (Å²) in [5, 5.41) is 15.3. The Morgan fingerprint density at radius 1 is 1.53 bits per heavy atom. The molecule has 5 nitrogen and oxygen atoms in total. The number of hydrogen-bond donors (Lipinski definition) is 3. The smallest absolute Gasteiger partial charge is 0.142 e. The van der Waals surface area contributed by atoms with Crippen molar-refractivity contribution in [3.8, 4) is 0 Å². The molecular formula is C9H15IN4O. The number of halogens is 1. The van der Waals surface area contributed by atoms with Gasteiger partial charge in [-0.1, -0.05) is 0 Å². The van der Waals surface area contributed by atoms with Gasteiger partial charge in [0, 0.05) is 25.8 Å². The number of nitrogens with one attached hydrogen (secondary N) is 2. The van der Waals surface area contributed by atoms with Crippen LogP contribution in [0, 0.1) is 3.57 Å². The molecule has 1 rings (SSSR count). The minimum absolute atomic E-state index is 0.302. The van der Waals surface area contributed by atoms with Crippen molar-refractivity contribution in [1.82, 2.24) is 15.3 Å². The predicted octanol–water partition coefficient (Wildman–Crippen LogP) is 0.463. The molecule has 0 amide bonds. The van der Waals surface area contributed by atoms with Crippen LogP contribution in [-0.2, 0) is 0 Å². The molecule has 1 heterocycles. The van der Waals surface area contributed by atoms with Crippen LogP contribution >= 0.6 is 22.6 Å². The summed E-state index contributed by atoms with van der Waals surface area (Å²) in [4.78, 5) is 8.01. The van der Waals surface area contributed by atoms with E-state index in [0.29, 0.717) is 6.54 Å². The van der Waals surface area contributed by atoms with Gasteiger partial charge in [0.15, 0.2) is 0 Å². The lowest BCUT2D eigenvalue weighted by molar-refractivity contribution is 0.192. The Hall–Kier alpha value is -0.470. The molecule has 0 aliphatic rings. The summed E-state index contributed by atoms with van der Waals surface area (Å²) >= 11 is 2.18.